The highest BCUT2D eigenvalue weighted by molar-refractivity contribution is 5.85. The molecule has 15 heavy (non-hydrogen) atoms. The number of carbonyl (C=O) groups is 1. The average Bonchev–Trinajstić information content (AvgIpc) is 1.99. The molecule has 0 radical (unpaired) electrons. The molecule has 0 aliphatic heterocycles. The van der Waals surface area contributed by atoms with Crippen molar-refractivity contribution >= 4 is 5.91 Å². The van der Waals surface area contributed by atoms with Crippen LogP contribution >= 0.6 is 0 Å². The molecule has 1 saturated carbocycles. The highest BCUT2D eigenvalue weighted by Crippen LogP contribution is 2.29. The van der Waals surface area contributed by atoms with Gasteiger partial charge in [-0.05, 0) is 39.0 Å². The maximum Gasteiger partial charge on any atom is 0.240 e. The minimum Gasteiger partial charge on any atom is -0.352 e. The van der Waals surface area contributed by atoms with Crippen LogP contribution in [0.1, 0.15) is 52.9 Å². The Hall–Kier alpha value is -0.570. The van der Waals surface area contributed by atoms with E-state index in [2.05, 4.69) is 12.2 Å². The molecule has 3 N–H and O–H groups in total. The largest absolute Gasteiger partial charge is 0.352 e. The lowest BCUT2D eigenvalue weighted by Gasteiger charge is -2.34. The van der Waals surface area contributed by atoms with Crippen molar-refractivity contribution in [2.75, 3.05) is 0 Å². The zero-order chi connectivity index (χ0) is 11.5. The number of nitrogens with one attached hydrogen (secondary N) is 1. The molecule has 3 heteroatoms. The Balaban J connectivity index is 2.39. The van der Waals surface area contributed by atoms with Crippen molar-refractivity contribution in [2.45, 2.75) is 64.5 Å². The van der Waals surface area contributed by atoms with E-state index in [1.165, 1.54) is 19.3 Å². The second kappa shape index (κ2) is 4.97. The zero-order valence-corrected chi connectivity index (χ0v) is 10.2. The fourth-order valence-corrected chi connectivity index (χ4v) is 2.06. The van der Waals surface area contributed by atoms with Crippen molar-refractivity contribution in [1.29, 1.82) is 0 Å². The van der Waals surface area contributed by atoms with Gasteiger partial charge in [-0.25, -0.2) is 0 Å². The lowest BCUT2D eigenvalue weighted by Crippen LogP contribution is -2.55. The van der Waals surface area contributed by atoms with Gasteiger partial charge >= 0.3 is 0 Å². The standard InChI is InChI=1S/C12H24N2O/c1-4-8-12(3,13)11(15)14-9(2)10-6-5-7-10/h9-10H,4-8,13H2,1-3H3,(H,14,15). The van der Waals surface area contributed by atoms with E-state index in [0.717, 1.165) is 12.8 Å². The molecular weight excluding hydrogens is 188 g/mol. The van der Waals surface area contributed by atoms with E-state index in [1.54, 1.807) is 0 Å². The third-order valence-corrected chi connectivity index (χ3v) is 3.50. The van der Waals surface area contributed by atoms with Crippen molar-refractivity contribution in [2.24, 2.45) is 11.7 Å². The van der Waals surface area contributed by atoms with Crippen LogP contribution in [0.15, 0.2) is 0 Å². The van der Waals surface area contributed by atoms with Crippen molar-refractivity contribution in [3.05, 3.63) is 0 Å². The van der Waals surface area contributed by atoms with Crippen LogP contribution in [0, 0.1) is 5.92 Å². The Morgan fingerprint density at radius 1 is 1.60 bits per heavy atom. The minimum absolute atomic E-state index is 0.00347. The van der Waals surface area contributed by atoms with Crippen LogP contribution in [0.3, 0.4) is 0 Å². The third kappa shape index (κ3) is 3.20. The van der Waals surface area contributed by atoms with Crippen molar-refractivity contribution < 1.29 is 4.79 Å². The normalized spacial score (nSPS) is 22.7. The van der Waals surface area contributed by atoms with Gasteiger partial charge in [-0.15, -0.1) is 0 Å². The molecule has 1 aliphatic carbocycles. The van der Waals surface area contributed by atoms with E-state index in [4.69, 9.17) is 5.73 Å². The van der Waals surface area contributed by atoms with Gasteiger partial charge in [-0.1, -0.05) is 19.8 Å². The van der Waals surface area contributed by atoms with Crippen LogP contribution in [0.25, 0.3) is 0 Å². The van der Waals surface area contributed by atoms with Crippen LogP contribution in [-0.2, 0) is 4.79 Å². The summed E-state index contributed by atoms with van der Waals surface area (Å²) in [6.07, 6.45) is 5.49. The second-order valence-corrected chi connectivity index (χ2v) is 5.12. The lowest BCUT2D eigenvalue weighted by atomic mass is 9.80. The summed E-state index contributed by atoms with van der Waals surface area (Å²) in [6.45, 7) is 5.96. The molecule has 0 saturated heterocycles. The first-order chi connectivity index (χ1) is 6.97. The van der Waals surface area contributed by atoms with Gasteiger partial charge in [-0.2, -0.15) is 0 Å². The average molecular weight is 212 g/mol. The summed E-state index contributed by atoms with van der Waals surface area (Å²) in [7, 11) is 0. The summed E-state index contributed by atoms with van der Waals surface area (Å²) >= 11 is 0. The topological polar surface area (TPSA) is 55.1 Å². The van der Waals surface area contributed by atoms with E-state index < -0.39 is 5.54 Å². The van der Waals surface area contributed by atoms with Crippen LogP contribution in [-0.4, -0.2) is 17.5 Å². The molecule has 0 aromatic heterocycles. The molecule has 1 rings (SSSR count). The van der Waals surface area contributed by atoms with E-state index in [1.807, 2.05) is 13.8 Å². The molecule has 1 fully saturated rings. The van der Waals surface area contributed by atoms with Gasteiger partial charge in [0, 0.05) is 6.04 Å². The number of rotatable bonds is 5. The Morgan fingerprint density at radius 2 is 2.20 bits per heavy atom. The first-order valence-corrected chi connectivity index (χ1v) is 6.07. The fraction of sp³-hybridized carbons (Fsp3) is 0.917. The van der Waals surface area contributed by atoms with E-state index in [0.29, 0.717) is 5.92 Å². The Labute approximate surface area is 92.8 Å². The molecular formula is C12H24N2O. The molecule has 1 aliphatic rings. The second-order valence-electron chi connectivity index (χ2n) is 5.12. The molecule has 2 unspecified atom stereocenters. The molecule has 3 nitrogen and oxygen atoms in total. The Bertz CT molecular complexity index is 222. The summed E-state index contributed by atoms with van der Waals surface area (Å²) in [4.78, 5) is 11.9. The van der Waals surface area contributed by atoms with E-state index in [9.17, 15) is 4.79 Å². The van der Waals surface area contributed by atoms with E-state index in [-0.39, 0.29) is 11.9 Å². The number of nitrogens with two attached hydrogens (primary N) is 1. The van der Waals surface area contributed by atoms with Gasteiger partial charge in [0.25, 0.3) is 0 Å². The summed E-state index contributed by atoms with van der Waals surface area (Å²) in [6, 6.07) is 0.283. The first kappa shape index (κ1) is 12.5. The van der Waals surface area contributed by atoms with Crippen LogP contribution < -0.4 is 11.1 Å². The monoisotopic (exact) mass is 212 g/mol. The third-order valence-electron chi connectivity index (χ3n) is 3.50. The summed E-state index contributed by atoms with van der Waals surface area (Å²) in [5.74, 6) is 0.676. The molecule has 0 aromatic rings. The Morgan fingerprint density at radius 3 is 2.60 bits per heavy atom. The lowest BCUT2D eigenvalue weighted by molar-refractivity contribution is -0.127. The maximum absolute atomic E-state index is 11.9. The van der Waals surface area contributed by atoms with Crippen molar-refractivity contribution in [3.8, 4) is 0 Å². The first-order valence-electron chi connectivity index (χ1n) is 6.07. The highest BCUT2D eigenvalue weighted by Gasteiger charge is 2.31. The predicted molar refractivity (Wildman–Crippen MR) is 62.4 cm³/mol. The molecule has 88 valence electrons. The van der Waals surface area contributed by atoms with Gasteiger partial charge in [-0.3, -0.25) is 4.79 Å². The molecule has 0 aromatic carbocycles. The van der Waals surface area contributed by atoms with Gasteiger partial charge in [0.1, 0.15) is 0 Å². The number of amides is 1. The van der Waals surface area contributed by atoms with Crippen LogP contribution in [0.2, 0.25) is 0 Å². The fourth-order valence-electron chi connectivity index (χ4n) is 2.06. The molecule has 0 spiro atoms. The quantitative estimate of drug-likeness (QED) is 0.730. The SMILES string of the molecule is CCCC(C)(N)C(=O)NC(C)C1CCC1. The summed E-state index contributed by atoms with van der Waals surface area (Å²) < 4.78 is 0. The Kier molecular flexibility index (Phi) is 4.14. The number of carbonyl (C=O) groups excluding carboxylic acids is 1. The van der Waals surface area contributed by atoms with Crippen molar-refractivity contribution in [1.82, 2.24) is 5.32 Å². The van der Waals surface area contributed by atoms with Gasteiger partial charge in [0.2, 0.25) is 5.91 Å². The zero-order valence-electron chi connectivity index (χ0n) is 10.2. The van der Waals surface area contributed by atoms with Crippen molar-refractivity contribution in [3.63, 3.8) is 0 Å². The van der Waals surface area contributed by atoms with Crippen LogP contribution in [0.5, 0.6) is 0 Å². The molecule has 1 amide bonds. The maximum atomic E-state index is 11.9. The van der Waals surface area contributed by atoms with Gasteiger partial charge in [0.15, 0.2) is 0 Å². The van der Waals surface area contributed by atoms with Crippen LogP contribution in [0.4, 0.5) is 0 Å². The predicted octanol–water partition coefficient (Wildman–Crippen LogP) is 1.81. The van der Waals surface area contributed by atoms with Gasteiger partial charge in [0.05, 0.1) is 5.54 Å². The molecule has 0 heterocycles. The highest BCUT2D eigenvalue weighted by atomic mass is 16.2. The summed E-state index contributed by atoms with van der Waals surface area (Å²) in [5.41, 5.74) is 5.27. The molecule has 2 atom stereocenters. The van der Waals surface area contributed by atoms with E-state index >= 15 is 0 Å². The number of hydrogen-bond donors (Lipinski definition) is 2. The summed E-state index contributed by atoms with van der Waals surface area (Å²) in [5, 5.41) is 3.04. The van der Waals surface area contributed by atoms with Gasteiger partial charge < -0.3 is 11.1 Å². The minimum atomic E-state index is -0.702. The smallest absolute Gasteiger partial charge is 0.240 e. The molecule has 0 bridgehead atoms. The number of hydrogen-bond acceptors (Lipinski definition) is 2.